The summed E-state index contributed by atoms with van der Waals surface area (Å²) in [5, 5.41) is 8.22. The molecule has 2 fully saturated rings. The van der Waals surface area contributed by atoms with Crippen molar-refractivity contribution in [3.8, 4) is 0 Å². The molecule has 144 valence electrons. The van der Waals surface area contributed by atoms with Crippen molar-refractivity contribution in [1.82, 2.24) is 10.2 Å². The normalized spacial score (nSPS) is 21.7. The van der Waals surface area contributed by atoms with Crippen LogP contribution in [0.2, 0.25) is 0 Å². The van der Waals surface area contributed by atoms with E-state index in [4.69, 9.17) is 0 Å². The molecule has 4 rings (SSSR count). The number of hydrogen-bond acceptors (Lipinski definition) is 4. The first-order valence-electron chi connectivity index (χ1n) is 9.15. The van der Waals surface area contributed by atoms with E-state index in [0.717, 1.165) is 39.0 Å². The number of fused-ring (bicyclic) bond motifs is 1. The Bertz CT molecular complexity index is 782. The molecule has 2 amide bonds. The first-order chi connectivity index (χ1) is 12.7. The molecule has 7 heteroatoms. The van der Waals surface area contributed by atoms with E-state index in [0.29, 0.717) is 28.0 Å². The highest BCUT2D eigenvalue weighted by molar-refractivity contribution is 7.12. The van der Waals surface area contributed by atoms with Gasteiger partial charge >= 0.3 is 0 Å². The van der Waals surface area contributed by atoms with Crippen LogP contribution in [0.1, 0.15) is 32.9 Å². The highest BCUT2D eigenvalue weighted by Crippen LogP contribution is 2.28. The minimum atomic E-state index is -0.139. The van der Waals surface area contributed by atoms with Gasteiger partial charge in [-0.05, 0) is 67.4 Å². The van der Waals surface area contributed by atoms with E-state index in [1.54, 1.807) is 12.1 Å². The molecule has 2 aliphatic heterocycles. The standard InChI is InChI=1S/C20H23N3O2S.ClH/c24-19(18-5-2-10-26-18)22-17-4-1-3-14(11-17)20(25)23-8-6-15-12-21-13-16(15)7-9-23;/h1-5,10-11,15-16,21H,6-9,12-13H2,(H,22,24);1H/t15-,16+;. The van der Waals surface area contributed by atoms with Crippen LogP contribution in [0.3, 0.4) is 0 Å². The van der Waals surface area contributed by atoms with Crippen molar-refractivity contribution < 1.29 is 9.59 Å². The maximum Gasteiger partial charge on any atom is 0.265 e. The first kappa shape index (κ1) is 19.9. The fourth-order valence-electron chi connectivity index (χ4n) is 3.93. The number of likely N-dealkylation sites (tertiary alicyclic amines) is 1. The van der Waals surface area contributed by atoms with Crippen molar-refractivity contribution in [2.45, 2.75) is 12.8 Å². The van der Waals surface area contributed by atoms with Crippen LogP contribution >= 0.6 is 23.7 Å². The summed E-state index contributed by atoms with van der Waals surface area (Å²) in [4.78, 5) is 27.8. The van der Waals surface area contributed by atoms with Gasteiger partial charge in [-0.2, -0.15) is 0 Å². The van der Waals surface area contributed by atoms with Crippen molar-refractivity contribution >= 4 is 41.2 Å². The SMILES string of the molecule is Cl.O=C(Nc1cccc(C(=O)N2CC[C@@H]3CNC[C@@H]3CC2)c1)c1cccs1. The number of carbonyl (C=O) groups excluding carboxylic acids is 2. The molecule has 1 aromatic carbocycles. The Morgan fingerprint density at radius 2 is 1.81 bits per heavy atom. The van der Waals surface area contributed by atoms with E-state index in [2.05, 4.69) is 10.6 Å². The third-order valence-corrected chi connectivity index (χ3v) is 6.29. The molecule has 5 nitrogen and oxygen atoms in total. The molecule has 2 aliphatic rings. The van der Waals surface area contributed by atoms with Gasteiger partial charge in [-0.1, -0.05) is 12.1 Å². The molecule has 0 radical (unpaired) electrons. The Kier molecular flexibility index (Phi) is 6.52. The lowest BCUT2D eigenvalue weighted by molar-refractivity contribution is 0.0758. The van der Waals surface area contributed by atoms with Crippen molar-refractivity contribution in [3.63, 3.8) is 0 Å². The van der Waals surface area contributed by atoms with Gasteiger partial charge in [0.2, 0.25) is 0 Å². The van der Waals surface area contributed by atoms with E-state index < -0.39 is 0 Å². The van der Waals surface area contributed by atoms with Gasteiger partial charge in [-0.3, -0.25) is 9.59 Å². The second-order valence-corrected chi connectivity index (χ2v) is 8.01. The molecule has 27 heavy (non-hydrogen) atoms. The molecule has 0 aliphatic carbocycles. The molecule has 3 heterocycles. The zero-order chi connectivity index (χ0) is 17.9. The van der Waals surface area contributed by atoms with Crippen LogP contribution in [0.4, 0.5) is 5.69 Å². The predicted molar refractivity (Wildman–Crippen MR) is 111 cm³/mol. The molecule has 0 bridgehead atoms. The number of nitrogens with zero attached hydrogens (tertiary/aromatic N) is 1. The highest BCUT2D eigenvalue weighted by atomic mass is 35.5. The maximum absolute atomic E-state index is 12.9. The monoisotopic (exact) mass is 405 g/mol. The zero-order valence-corrected chi connectivity index (χ0v) is 16.7. The van der Waals surface area contributed by atoms with Gasteiger partial charge in [0, 0.05) is 24.3 Å². The largest absolute Gasteiger partial charge is 0.339 e. The van der Waals surface area contributed by atoms with Gasteiger partial charge in [0.1, 0.15) is 0 Å². The van der Waals surface area contributed by atoms with Crippen molar-refractivity contribution in [2.75, 3.05) is 31.5 Å². The molecule has 2 saturated heterocycles. The smallest absolute Gasteiger partial charge is 0.265 e. The van der Waals surface area contributed by atoms with Crippen molar-refractivity contribution in [1.29, 1.82) is 0 Å². The summed E-state index contributed by atoms with van der Waals surface area (Å²) in [7, 11) is 0. The molecule has 1 aromatic heterocycles. The molecule has 2 N–H and O–H groups in total. The van der Waals surface area contributed by atoms with Crippen LogP contribution in [-0.2, 0) is 0 Å². The highest BCUT2D eigenvalue weighted by Gasteiger charge is 2.31. The number of benzene rings is 1. The third-order valence-electron chi connectivity index (χ3n) is 5.42. The van der Waals surface area contributed by atoms with Gasteiger partial charge in [0.05, 0.1) is 4.88 Å². The lowest BCUT2D eigenvalue weighted by atomic mass is 9.92. The van der Waals surface area contributed by atoms with E-state index in [9.17, 15) is 9.59 Å². The van der Waals surface area contributed by atoms with E-state index in [1.807, 2.05) is 34.5 Å². The molecular weight excluding hydrogens is 382 g/mol. The average Bonchev–Trinajstić information content (AvgIpc) is 3.31. The maximum atomic E-state index is 12.9. The fourth-order valence-corrected chi connectivity index (χ4v) is 4.55. The Balaban J connectivity index is 0.00000210. The van der Waals surface area contributed by atoms with Crippen LogP contribution in [0.5, 0.6) is 0 Å². The quantitative estimate of drug-likeness (QED) is 0.821. The molecule has 0 unspecified atom stereocenters. The molecule has 2 aromatic rings. The summed E-state index contributed by atoms with van der Waals surface area (Å²) in [6.07, 6.45) is 2.14. The van der Waals surface area contributed by atoms with Gasteiger partial charge in [0.25, 0.3) is 11.8 Å². The summed E-state index contributed by atoms with van der Waals surface area (Å²) in [5.41, 5.74) is 1.30. The van der Waals surface area contributed by atoms with Crippen LogP contribution in [0.25, 0.3) is 0 Å². The van der Waals surface area contributed by atoms with E-state index >= 15 is 0 Å². The number of carbonyl (C=O) groups is 2. The number of amides is 2. The number of halogens is 1. The average molecular weight is 406 g/mol. The van der Waals surface area contributed by atoms with Crippen molar-refractivity contribution in [2.24, 2.45) is 11.8 Å². The number of rotatable bonds is 3. The van der Waals surface area contributed by atoms with Crippen LogP contribution in [-0.4, -0.2) is 42.9 Å². The summed E-state index contributed by atoms with van der Waals surface area (Å²) in [6.45, 7) is 3.79. The second-order valence-electron chi connectivity index (χ2n) is 7.06. The Morgan fingerprint density at radius 1 is 1.07 bits per heavy atom. The summed E-state index contributed by atoms with van der Waals surface area (Å²) >= 11 is 1.40. The van der Waals surface area contributed by atoms with Gasteiger partial charge in [-0.25, -0.2) is 0 Å². The topological polar surface area (TPSA) is 61.4 Å². The fraction of sp³-hybridized carbons (Fsp3) is 0.400. The Hall–Kier alpha value is -1.89. The third kappa shape index (κ3) is 4.51. The number of anilines is 1. The Labute approximate surface area is 169 Å². The number of hydrogen-bond donors (Lipinski definition) is 2. The van der Waals surface area contributed by atoms with Gasteiger partial charge in [0.15, 0.2) is 0 Å². The Morgan fingerprint density at radius 3 is 2.48 bits per heavy atom. The van der Waals surface area contributed by atoms with Crippen LogP contribution < -0.4 is 10.6 Å². The van der Waals surface area contributed by atoms with Gasteiger partial charge in [-0.15, -0.1) is 23.7 Å². The minimum Gasteiger partial charge on any atom is -0.339 e. The van der Waals surface area contributed by atoms with Crippen molar-refractivity contribution in [3.05, 3.63) is 52.2 Å². The summed E-state index contributed by atoms with van der Waals surface area (Å²) < 4.78 is 0. The second kappa shape index (κ2) is 8.87. The molecule has 0 saturated carbocycles. The minimum absolute atomic E-state index is 0. The number of nitrogens with one attached hydrogen (secondary N) is 2. The summed E-state index contributed by atoms with van der Waals surface area (Å²) in [5.74, 6) is 1.32. The molecule has 2 atom stereocenters. The first-order valence-corrected chi connectivity index (χ1v) is 10.0. The molecular formula is C20H24ClN3O2S. The van der Waals surface area contributed by atoms with Crippen LogP contribution in [0, 0.1) is 11.8 Å². The van der Waals surface area contributed by atoms with Gasteiger partial charge < -0.3 is 15.5 Å². The summed E-state index contributed by atoms with van der Waals surface area (Å²) in [6, 6.07) is 10.9. The number of thiophene rings is 1. The zero-order valence-electron chi connectivity index (χ0n) is 15.0. The van der Waals surface area contributed by atoms with Crippen LogP contribution in [0.15, 0.2) is 41.8 Å². The van der Waals surface area contributed by atoms with E-state index in [-0.39, 0.29) is 24.2 Å². The lowest BCUT2D eigenvalue weighted by Gasteiger charge is -2.21. The lowest BCUT2D eigenvalue weighted by Crippen LogP contribution is -2.32. The predicted octanol–water partition coefficient (Wildman–Crippen LogP) is 3.49. The molecule has 0 spiro atoms. The van der Waals surface area contributed by atoms with E-state index in [1.165, 1.54) is 11.3 Å².